The maximum atomic E-state index is 12.0. The zero-order chi connectivity index (χ0) is 16.8. The maximum Gasteiger partial charge on any atom is 0.248 e. The smallest absolute Gasteiger partial charge is 0.248 e. The number of aromatic nitrogens is 1. The molecule has 120 valence electrons. The molecule has 1 aromatic carbocycles. The second-order valence-corrected chi connectivity index (χ2v) is 5.45. The lowest BCUT2D eigenvalue weighted by atomic mass is 10.1. The first kappa shape index (κ1) is 16.6. The number of hydrogen-bond donors (Lipinski definition) is 2. The summed E-state index contributed by atoms with van der Waals surface area (Å²) in [5.74, 6) is -0.0245. The Hall–Kier alpha value is -2.73. The number of anilines is 1. The minimum absolute atomic E-state index is 0.126. The van der Waals surface area contributed by atoms with Gasteiger partial charge in [-0.1, -0.05) is 18.2 Å². The number of pyridine rings is 1. The molecule has 0 radical (unpaired) electrons. The Morgan fingerprint density at radius 3 is 2.48 bits per heavy atom. The van der Waals surface area contributed by atoms with Crippen molar-refractivity contribution in [3.8, 4) is 0 Å². The summed E-state index contributed by atoms with van der Waals surface area (Å²) < 4.78 is 0. The summed E-state index contributed by atoms with van der Waals surface area (Å²) in [6, 6.07) is 12.5. The van der Waals surface area contributed by atoms with Gasteiger partial charge in [0.05, 0.1) is 6.54 Å². The van der Waals surface area contributed by atoms with E-state index in [1.807, 2.05) is 43.1 Å². The number of benzene rings is 1. The molecule has 6 heteroatoms. The molecule has 0 aliphatic heterocycles. The topological polar surface area (TPSA) is 88.3 Å². The van der Waals surface area contributed by atoms with E-state index in [1.54, 1.807) is 18.2 Å². The summed E-state index contributed by atoms with van der Waals surface area (Å²) in [5.41, 5.74) is 7.53. The Labute approximate surface area is 135 Å². The average Bonchev–Trinajstić information content (AvgIpc) is 2.47. The maximum absolute atomic E-state index is 12.0. The van der Waals surface area contributed by atoms with Crippen LogP contribution in [0.25, 0.3) is 0 Å². The largest absolute Gasteiger partial charge is 0.366 e. The molecule has 0 aliphatic rings. The van der Waals surface area contributed by atoms with Gasteiger partial charge in [-0.05, 0) is 43.8 Å². The fourth-order valence-corrected chi connectivity index (χ4v) is 2.18. The van der Waals surface area contributed by atoms with Crippen LogP contribution in [0.3, 0.4) is 0 Å². The van der Waals surface area contributed by atoms with E-state index in [9.17, 15) is 9.59 Å². The predicted molar refractivity (Wildman–Crippen MR) is 88.9 cm³/mol. The third kappa shape index (κ3) is 5.19. The van der Waals surface area contributed by atoms with Gasteiger partial charge in [-0.15, -0.1) is 0 Å². The molecule has 0 aliphatic carbocycles. The minimum Gasteiger partial charge on any atom is -0.366 e. The Balaban J connectivity index is 1.87. The number of primary amides is 1. The highest BCUT2D eigenvalue weighted by Gasteiger charge is 2.09. The minimum atomic E-state index is -0.449. The summed E-state index contributed by atoms with van der Waals surface area (Å²) in [6.45, 7) is 2.71. The van der Waals surface area contributed by atoms with Gasteiger partial charge in [0, 0.05) is 17.8 Å². The van der Waals surface area contributed by atoms with E-state index < -0.39 is 5.91 Å². The molecule has 2 rings (SSSR count). The lowest BCUT2D eigenvalue weighted by Crippen LogP contribution is -2.30. The number of hydrogen-bond acceptors (Lipinski definition) is 4. The monoisotopic (exact) mass is 312 g/mol. The van der Waals surface area contributed by atoms with Crippen molar-refractivity contribution in [1.82, 2.24) is 9.88 Å². The highest BCUT2D eigenvalue weighted by atomic mass is 16.2. The third-order valence-corrected chi connectivity index (χ3v) is 3.26. The van der Waals surface area contributed by atoms with Crippen LogP contribution in [0.4, 0.5) is 5.82 Å². The number of rotatable bonds is 6. The Morgan fingerprint density at radius 2 is 1.87 bits per heavy atom. The molecule has 0 fully saturated rings. The summed E-state index contributed by atoms with van der Waals surface area (Å²) in [6.07, 6.45) is 0. The van der Waals surface area contributed by atoms with Gasteiger partial charge in [0.25, 0.3) is 0 Å². The van der Waals surface area contributed by atoms with Gasteiger partial charge in [0.2, 0.25) is 11.8 Å². The normalized spacial score (nSPS) is 10.6. The zero-order valence-electron chi connectivity index (χ0n) is 13.2. The molecule has 2 aromatic rings. The second kappa shape index (κ2) is 7.51. The Bertz CT molecular complexity index is 698. The van der Waals surface area contributed by atoms with Crippen LogP contribution >= 0.6 is 0 Å². The van der Waals surface area contributed by atoms with Crippen molar-refractivity contribution in [2.45, 2.75) is 13.5 Å². The molecule has 1 heterocycles. The summed E-state index contributed by atoms with van der Waals surface area (Å²) in [4.78, 5) is 29.2. The van der Waals surface area contributed by atoms with Crippen LogP contribution in [0.2, 0.25) is 0 Å². The van der Waals surface area contributed by atoms with Crippen LogP contribution in [0.1, 0.15) is 21.6 Å². The molecule has 0 bridgehead atoms. The number of carbonyl (C=O) groups excluding carboxylic acids is 2. The standard InChI is InChI=1S/C17H20N4O2/c1-12-4-3-5-15(19-12)20-16(22)11-21(2)10-13-6-8-14(9-7-13)17(18)23/h3-9H,10-11H2,1-2H3,(H2,18,23)(H,19,20,22). The van der Waals surface area contributed by atoms with E-state index in [-0.39, 0.29) is 12.5 Å². The van der Waals surface area contributed by atoms with Crippen LogP contribution in [-0.4, -0.2) is 35.3 Å². The molecule has 6 nitrogen and oxygen atoms in total. The van der Waals surface area contributed by atoms with Crippen molar-refractivity contribution < 1.29 is 9.59 Å². The molecule has 0 atom stereocenters. The molecule has 3 N–H and O–H groups in total. The molecule has 23 heavy (non-hydrogen) atoms. The quantitative estimate of drug-likeness (QED) is 0.847. The summed E-state index contributed by atoms with van der Waals surface area (Å²) >= 11 is 0. The highest BCUT2D eigenvalue weighted by Crippen LogP contribution is 2.07. The Kier molecular flexibility index (Phi) is 5.43. The number of nitrogens with zero attached hydrogens (tertiary/aromatic N) is 2. The van der Waals surface area contributed by atoms with Gasteiger partial charge >= 0.3 is 0 Å². The van der Waals surface area contributed by atoms with E-state index in [0.717, 1.165) is 11.3 Å². The van der Waals surface area contributed by atoms with E-state index >= 15 is 0 Å². The molecule has 0 saturated carbocycles. The van der Waals surface area contributed by atoms with Crippen LogP contribution in [0, 0.1) is 6.92 Å². The number of carbonyl (C=O) groups is 2. The molecule has 2 amide bonds. The van der Waals surface area contributed by atoms with Gasteiger partial charge in [-0.25, -0.2) is 4.98 Å². The number of likely N-dealkylation sites (N-methyl/N-ethyl adjacent to an activating group) is 1. The molecular weight excluding hydrogens is 292 g/mol. The zero-order valence-corrected chi connectivity index (χ0v) is 13.2. The van der Waals surface area contributed by atoms with Crippen LogP contribution in [-0.2, 0) is 11.3 Å². The SMILES string of the molecule is Cc1cccc(NC(=O)CN(C)Cc2ccc(C(N)=O)cc2)n1. The van der Waals surface area contributed by atoms with Gasteiger partial charge in [-0.3, -0.25) is 14.5 Å². The third-order valence-electron chi connectivity index (χ3n) is 3.26. The molecule has 0 saturated heterocycles. The van der Waals surface area contributed by atoms with E-state index in [2.05, 4.69) is 10.3 Å². The van der Waals surface area contributed by atoms with Crippen molar-refractivity contribution in [2.75, 3.05) is 18.9 Å². The highest BCUT2D eigenvalue weighted by molar-refractivity contribution is 5.92. The predicted octanol–water partition coefficient (Wildman–Crippen LogP) is 1.56. The van der Waals surface area contributed by atoms with Crippen molar-refractivity contribution >= 4 is 17.6 Å². The number of aryl methyl sites for hydroxylation is 1. The van der Waals surface area contributed by atoms with Gasteiger partial charge in [0.1, 0.15) is 5.82 Å². The molecule has 0 spiro atoms. The van der Waals surface area contributed by atoms with Crippen molar-refractivity contribution in [3.05, 3.63) is 59.3 Å². The lowest BCUT2D eigenvalue weighted by molar-refractivity contribution is -0.117. The molecule has 0 unspecified atom stereocenters. The molecular formula is C17H20N4O2. The van der Waals surface area contributed by atoms with Gasteiger partial charge < -0.3 is 11.1 Å². The van der Waals surface area contributed by atoms with Crippen molar-refractivity contribution in [3.63, 3.8) is 0 Å². The van der Waals surface area contributed by atoms with Gasteiger partial charge in [0.15, 0.2) is 0 Å². The summed E-state index contributed by atoms with van der Waals surface area (Å²) in [5, 5.41) is 2.77. The first-order chi connectivity index (χ1) is 10.9. The Morgan fingerprint density at radius 1 is 1.17 bits per heavy atom. The van der Waals surface area contributed by atoms with E-state index in [4.69, 9.17) is 5.73 Å². The van der Waals surface area contributed by atoms with E-state index in [0.29, 0.717) is 17.9 Å². The second-order valence-electron chi connectivity index (χ2n) is 5.45. The fraction of sp³-hybridized carbons (Fsp3) is 0.235. The van der Waals surface area contributed by atoms with Crippen molar-refractivity contribution in [1.29, 1.82) is 0 Å². The van der Waals surface area contributed by atoms with Crippen LogP contribution in [0.5, 0.6) is 0 Å². The first-order valence-corrected chi connectivity index (χ1v) is 7.25. The number of amides is 2. The van der Waals surface area contributed by atoms with Crippen molar-refractivity contribution in [2.24, 2.45) is 5.73 Å². The number of nitrogens with one attached hydrogen (secondary N) is 1. The summed E-state index contributed by atoms with van der Waals surface area (Å²) in [7, 11) is 1.85. The van der Waals surface area contributed by atoms with E-state index in [1.165, 1.54) is 0 Å². The lowest BCUT2D eigenvalue weighted by Gasteiger charge is -2.16. The first-order valence-electron chi connectivity index (χ1n) is 7.25. The van der Waals surface area contributed by atoms with Gasteiger partial charge in [-0.2, -0.15) is 0 Å². The van der Waals surface area contributed by atoms with Crippen LogP contribution < -0.4 is 11.1 Å². The fourth-order valence-electron chi connectivity index (χ4n) is 2.18. The number of nitrogens with two attached hydrogens (primary N) is 1. The average molecular weight is 312 g/mol. The van der Waals surface area contributed by atoms with Crippen LogP contribution in [0.15, 0.2) is 42.5 Å². The molecule has 1 aromatic heterocycles.